The van der Waals surface area contributed by atoms with Gasteiger partial charge in [-0.1, -0.05) is 12.1 Å². The molecule has 13 heteroatoms. The lowest BCUT2D eigenvalue weighted by atomic mass is 10.0. The molecule has 150 valence electrons. The maximum atomic E-state index is 13.0. The molecule has 0 saturated carbocycles. The highest BCUT2D eigenvalue weighted by Crippen LogP contribution is 2.33. The molecule has 1 aliphatic heterocycles. The molecule has 1 unspecified atom stereocenters. The van der Waals surface area contributed by atoms with Crippen molar-refractivity contribution < 1.29 is 12.6 Å². The van der Waals surface area contributed by atoms with Gasteiger partial charge < -0.3 is 16.8 Å². The molecule has 1 aromatic heterocycles. The molecule has 1 atom stereocenters. The first kappa shape index (κ1) is 20.2. The predicted octanol–water partition coefficient (Wildman–Crippen LogP) is -1.86. The normalized spacial score (nSPS) is 16.4. The lowest BCUT2D eigenvalue weighted by Crippen LogP contribution is -2.51. The summed E-state index contributed by atoms with van der Waals surface area (Å²) in [4.78, 5) is 3.89. The van der Waals surface area contributed by atoms with E-state index in [-0.39, 0.29) is 27.0 Å². The zero-order valence-electron chi connectivity index (χ0n) is 14.6. The minimum absolute atomic E-state index is 0.0604. The van der Waals surface area contributed by atoms with Crippen molar-refractivity contribution in [2.75, 3.05) is 18.8 Å². The number of anilines is 1. The quantitative estimate of drug-likeness (QED) is 0.133. The molecule has 0 radical (unpaired) electrons. The second-order valence-electron chi connectivity index (χ2n) is 6.01. The minimum atomic E-state index is -3.80. The van der Waals surface area contributed by atoms with Crippen LogP contribution in [0.25, 0.3) is 11.3 Å². The van der Waals surface area contributed by atoms with Gasteiger partial charge in [0.15, 0.2) is 15.7 Å². The number of hydrogen-bond donors (Lipinski definition) is 6. The SMILES string of the molecule is NN/N=C(\N)c1c(-c2cccc(N)n2)ccc(S(=O)(=O)C2CNC2)c1S(N)=O. The summed E-state index contributed by atoms with van der Waals surface area (Å²) in [6, 6.07) is 7.75. The van der Waals surface area contributed by atoms with Crippen LogP contribution in [-0.4, -0.2) is 41.8 Å². The van der Waals surface area contributed by atoms with E-state index in [1.165, 1.54) is 12.1 Å². The third-order valence-corrected chi connectivity index (χ3v) is 7.42. The van der Waals surface area contributed by atoms with Crippen LogP contribution in [0.5, 0.6) is 0 Å². The molecule has 28 heavy (non-hydrogen) atoms. The summed E-state index contributed by atoms with van der Waals surface area (Å²) in [5.74, 6) is 5.27. The Hall–Kier alpha value is -2.58. The number of nitrogens with two attached hydrogens (primary N) is 4. The average Bonchev–Trinajstić information content (AvgIpc) is 2.58. The molecule has 0 bridgehead atoms. The first-order valence-corrected chi connectivity index (χ1v) is 10.8. The van der Waals surface area contributed by atoms with Crippen molar-refractivity contribution in [3.05, 3.63) is 35.9 Å². The van der Waals surface area contributed by atoms with Gasteiger partial charge >= 0.3 is 0 Å². The number of benzene rings is 1. The summed E-state index contributed by atoms with van der Waals surface area (Å²) in [5.41, 5.74) is 14.6. The van der Waals surface area contributed by atoms with Gasteiger partial charge in [-0.2, -0.15) is 0 Å². The smallest absolute Gasteiger partial charge is 0.185 e. The molecule has 1 aromatic carbocycles. The van der Waals surface area contributed by atoms with E-state index >= 15 is 0 Å². The zero-order valence-corrected chi connectivity index (χ0v) is 16.3. The van der Waals surface area contributed by atoms with E-state index < -0.39 is 26.1 Å². The molecule has 0 amide bonds. The van der Waals surface area contributed by atoms with Gasteiger partial charge in [-0.3, -0.25) is 0 Å². The average molecular weight is 425 g/mol. The molecule has 0 spiro atoms. The summed E-state index contributed by atoms with van der Waals surface area (Å²) >= 11 is 0. The third kappa shape index (κ3) is 3.57. The Morgan fingerprint density at radius 2 is 2.00 bits per heavy atom. The van der Waals surface area contributed by atoms with Gasteiger partial charge in [0, 0.05) is 24.2 Å². The number of pyridine rings is 1. The Balaban J connectivity index is 2.36. The van der Waals surface area contributed by atoms with E-state index in [0.717, 1.165) is 0 Å². The fourth-order valence-corrected chi connectivity index (χ4v) is 5.77. The highest BCUT2D eigenvalue weighted by molar-refractivity contribution is 7.93. The van der Waals surface area contributed by atoms with Crippen molar-refractivity contribution >= 4 is 32.5 Å². The summed E-state index contributed by atoms with van der Waals surface area (Å²) in [6.07, 6.45) is 0. The minimum Gasteiger partial charge on any atom is -0.384 e. The van der Waals surface area contributed by atoms with E-state index in [0.29, 0.717) is 24.3 Å². The maximum absolute atomic E-state index is 13.0. The number of nitrogens with zero attached hydrogens (tertiary/aromatic N) is 2. The Morgan fingerprint density at radius 1 is 1.29 bits per heavy atom. The Labute approximate surface area is 164 Å². The lowest BCUT2D eigenvalue weighted by molar-refractivity contribution is 0.494. The number of aromatic nitrogens is 1. The Kier molecular flexibility index (Phi) is 5.62. The highest BCUT2D eigenvalue weighted by Gasteiger charge is 2.36. The molecule has 3 rings (SSSR count). The van der Waals surface area contributed by atoms with E-state index in [9.17, 15) is 12.6 Å². The van der Waals surface area contributed by atoms with Gasteiger partial charge in [-0.25, -0.2) is 34.1 Å². The monoisotopic (exact) mass is 424 g/mol. The summed E-state index contributed by atoms with van der Waals surface area (Å²) < 4.78 is 38.4. The van der Waals surface area contributed by atoms with Gasteiger partial charge in [-0.15, -0.1) is 5.10 Å². The van der Waals surface area contributed by atoms with Gasteiger partial charge in [-0.05, 0) is 18.2 Å². The van der Waals surface area contributed by atoms with Crippen molar-refractivity contribution in [2.45, 2.75) is 15.0 Å². The second kappa shape index (κ2) is 7.81. The number of sulfone groups is 1. The van der Waals surface area contributed by atoms with E-state index in [1.807, 2.05) is 5.53 Å². The number of hydrazine groups is 1. The molecule has 10 N–H and O–H groups in total. The molecule has 1 aliphatic rings. The van der Waals surface area contributed by atoms with Gasteiger partial charge in [0.1, 0.15) is 16.8 Å². The van der Waals surface area contributed by atoms with Gasteiger partial charge in [0.25, 0.3) is 0 Å². The van der Waals surface area contributed by atoms with Crippen LogP contribution in [0.15, 0.2) is 45.2 Å². The number of nitrogen functional groups attached to an aromatic ring is 1. The number of amidine groups is 1. The van der Waals surface area contributed by atoms with Crippen molar-refractivity contribution in [1.82, 2.24) is 15.8 Å². The molecule has 2 aromatic rings. The standard InChI is InChI=1S/C15H20N8O3S2/c16-12-3-1-2-10(21-12)9-4-5-11(28(25,26)8-6-20-7-8)14(27(19)24)13(9)15(17)22-23-18/h1-5,8,20,23H,6-7,18-19H2,(H2,16,21)(H2,17,22). The number of hydrazone groups is 1. The first-order valence-electron chi connectivity index (χ1n) is 8.07. The predicted molar refractivity (Wildman–Crippen MR) is 107 cm³/mol. The molecule has 11 nitrogen and oxygen atoms in total. The van der Waals surface area contributed by atoms with Crippen LogP contribution in [-0.2, 0) is 20.8 Å². The second-order valence-corrected chi connectivity index (χ2v) is 9.21. The van der Waals surface area contributed by atoms with Crippen LogP contribution in [0.2, 0.25) is 0 Å². The summed E-state index contributed by atoms with van der Waals surface area (Å²) in [7, 11) is -5.99. The van der Waals surface area contributed by atoms with Crippen LogP contribution in [0.4, 0.5) is 5.82 Å². The van der Waals surface area contributed by atoms with Crippen molar-refractivity contribution in [2.24, 2.45) is 21.8 Å². The van der Waals surface area contributed by atoms with Crippen LogP contribution in [0.3, 0.4) is 0 Å². The first-order chi connectivity index (χ1) is 13.3. The van der Waals surface area contributed by atoms with E-state index in [1.54, 1.807) is 18.2 Å². The van der Waals surface area contributed by atoms with Gasteiger partial charge in [0.2, 0.25) is 0 Å². The largest absolute Gasteiger partial charge is 0.384 e. The van der Waals surface area contributed by atoms with Crippen molar-refractivity contribution in [3.8, 4) is 11.3 Å². The molecule has 1 fully saturated rings. The van der Waals surface area contributed by atoms with Crippen molar-refractivity contribution in [1.29, 1.82) is 0 Å². The molecular formula is C15H20N8O3S2. The fourth-order valence-electron chi connectivity index (χ4n) is 2.84. The third-order valence-electron chi connectivity index (χ3n) is 4.30. The van der Waals surface area contributed by atoms with Crippen LogP contribution in [0, 0.1) is 0 Å². The molecule has 2 heterocycles. The number of hydrogen-bond acceptors (Lipinski definition) is 9. The van der Waals surface area contributed by atoms with Crippen LogP contribution < -0.4 is 33.3 Å². The fraction of sp³-hybridized carbons (Fsp3) is 0.200. The maximum Gasteiger partial charge on any atom is 0.185 e. The Morgan fingerprint density at radius 3 is 2.54 bits per heavy atom. The zero-order chi connectivity index (χ0) is 20.5. The van der Waals surface area contributed by atoms with Crippen LogP contribution >= 0.6 is 0 Å². The summed E-state index contributed by atoms with van der Waals surface area (Å²) in [5, 5.41) is 11.6. The van der Waals surface area contributed by atoms with Crippen molar-refractivity contribution in [3.63, 3.8) is 0 Å². The number of rotatable bonds is 6. The topological polar surface area (TPSA) is 205 Å². The van der Waals surface area contributed by atoms with E-state index in [4.69, 9.17) is 22.4 Å². The summed E-state index contributed by atoms with van der Waals surface area (Å²) in [6.45, 7) is 0.585. The van der Waals surface area contributed by atoms with Crippen LogP contribution in [0.1, 0.15) is 5.56 Å². The highest BCUT2D eigenvalue weighted by atomic mass is 32.2. The van der Waals surface area contributed by atoms with E-state index in [2.05, 4.69) is 15.4 Å². The molecule has 1 saturated heterocycles. The number of nitrogens with one attached hydrogen (secondary N) is 2. The van der Waals surface area contributed by atoms with Gasteiger partial charge in [0.05, 0.1) is 20.7 Å². The lowest BCUT2D eigenvalue weighted by Gasteiger charge is -2.28. The Bertz CT molecular complexity index is 1070. The molecular weight excluding hydrogens is 404 g/mol. The molecule has 0 aliphatic carbocycles.